The van der Waals surface area contributed by atoms with E-state index < -0.39 is 0 Å². The molecular weight excluding hydrogens is 380 g/mol. The molecule has 31 heavy (non-hydrogen) atoms. The summed E-state index contributed by atoms with van der Waals surface area (Å²) in [4.78, 5) is 25.3. The van der Waals surface area contributed by atoms with Crippen LogP contribution >= 0.6 is 0 Å². The van der Waals surface area contributed by atoms with Crippen LogP contribution in [0, 0.1) is 5.92 Å². The Labute approximate surface area is 184 Å². The lowest BCUT2D eigenvalue weighted by molar-refractivity contribution is -0.117. The van der Waals surface area contributed by atoms with Crippen molar-refractivity contribution >= 4 is 22.7 Å². The van der Waals surface area contributed by atoms with Crippen molar-refractivity contribution < 1.29 is 9.59 Å². The van der Waals surface area contributed by atoms with Gasteiger partial charge in [-0.25, -0.2) is 0 Å². The summed E-state index contributed by atoms with van der Waals surface area (Å²) >= 11 is 0. The van der Waals surface area contributed by atoms with Gasteiger partial charge in [-0.2, -0.15) is 0 Å². The number of fused-ring (bicyclic) bond motifs is 4. The standard InChI is InChI=1S/C29H28O2/c1-3-7-18(2)28-25-15-14-23-22-13-11-21(30)16-20(22)10-12-24(23)29(25)26(17-27(28)31)19-8-5-4-6-9-19/h4-6,8-9,11,13-15,17-18,28H,3,7,10,12,16H2,1-2H3. The van der Waals surface area contributed by atoms with Gasteiger partial charge in [0.2, 0.25) is 0 Å². The Morgan fingerprint density at radius 2 is 1.81 bits per heavy atom. The van der Waals surface area contributed by atoms with Crippen LogP contribution in [0.4, 0.5) is 0 Å². The SMILES string of the molecule is CCCC(C)C1C(=O)C=C(c2ccccc2)c2c1ccc1c2CCC2=C1C=CC(=O)C2. The van der Waals surface area contributed by atoms with Crippen LogP contribution in [0.1, 0.15) is 73.3 Å². The van der Waals surface area contributed by atoms with E-state index in [2.05, 4.69) is 38.1 Å². The number of carbonyl (C=O) groups excluding carboxylic acids is 2. The van der Waals surface area contributed by atoms with Crippen molar-refractivity contribution in [2.75, 3.05) is 0 Å². The molecule has 2 aromatic carbocycles. The van der Waals surface area contributed by atoms with E-state index in [1.165, 1.54) is 33.4 Å². The second-order valence-electron chi connectivity index (χ2n) is 9.12. The van der Waals surface area contributed by atoms with Gasteiger partial charge < -0.3 is 0 Å². The molecule has 2 unspecified atom stereocenters. The monoisotopic (exact) mass is 408 g/mol. The Balaban J connectivity index is 1.73. The first-order chi connectivity index (χ1) is 15.1. The van der Waals surface area contributed by atoms with Gasteiger partial charge in [-0.1, -0.05) is 74.4 Å². The predicted octanol–water partition coefficient (Wildman–Crippen LogP) is 6.45. The summed E-state index contributed by atoms with van der Waals surface area (Å²) in [5.74, 6) is 0.662. The lowest BCUT2D eigenvalue weighted by Crippen LogP contribution is -2.25. The fourth-order valence-corrected chi connectivity index (χ4v) is 5.70. The van der Waals surface area contributed by atoms with E-state index in [0.717, 1.165) is 36.8 Å². The highest BCUT2D eigenvalue weighted by atomic mass is 16.1. The van der Waals surface area contributed by atoms with E-state index in [4.69, 9.17) is 0 Å². The molecule has 0 heterocycles. The van der Waals surface area contributed by atoms with Crippen LogP contribution < -0.4 is 0 Å². The van der Waals surface area contributed by atoms with Gasteiger partial charge >= 0.3 is 0 Å². The third kappa shape index (κ3) is 3.35. The average molecular weight is 409 g/mol. The quantitative estimate of drug-likeness (QED) is 0.582. The van der Waals surface area contributed by atoms with Crippen LogP contribution in [-0.4, -0.2) is 11.6 Å². The van der Waals surface area contributed by atoms with Crippen LogP contribution in [0.25, 0.3) is 11.1 Å². The smallest absolute Gasteiger partial charge is 0.164 e. The van der Waals surface area contributed by atoms with E-state index in [-0.39, 0.29) is 17.5 Å². The van der Waals surface area contributed by atoms with Crippen LogP contribution in [0.15, 0.2) is 66.3 Å². The maximum absolute atomic E-state index is 13.4. The van der Waals surface area contributed by atoms with Crippen molar-refractivity contribution in [2.24, 2.45) is 5.92 Å². The average Bonchev–Trinajstić information content (AvgIpc) is 2.78. The Bertz CT molecular complexity index is 1160. The fraction of sp³-hybridized carbons (Fsp3) is 0.310. The zero-order chi connectivity index (χ0) is 21.5. The summed E-state index contributed by atoms with van der Waals surface area (Å²) in [7, 11) is 0. The van der Waals surface area contributed by atoms with Gasteiger partial charge in [-0.3, -0.25) is 9.59 Å². The molecule has 3 aliphatic rings. The van der Waals surface area contributed by atoms with Crippen LogP contribution in [0.3, 0.4) is 0 Å². The summed E-state index contributed by atoms with van der Waals surface area (Å²) in [6, 6.07) is 14.7. The molecule has 2 aromatic rings. The largest absolute Gasteiger partial charge is 0.294 e. The molecule has 0 saturated carbocycles. The van der Waals surface area contributed by atoms with E-state index in [1.54, 1.807) is 6.08 Å². The van der Waals surface area contributed by atoms with Gasteiger partial charge in [0.1, 0.15) is 0 Å². The topological polar surface area (TPSA) is 34.1 Å². The van der Waals surface area contributed by atoms with E-state index in [1.807, 2.05) is 30.4 Å². The molecule has 2 nitrogen and oxygen atoms in total. The molecule has 2 atom stereocenters. The summed E-state index contributed by atoms with van der Waals surface area (Å²) in [5, 5.41) is 0. The molecule has 156 valence electrons. The number of carbonyl (C=O) groups is 2. The number of allylic oxidation sites excluding steroid dienone is 5. The molecule has 3 aliphatic carbocycles. The molecule has 0 spiro atoms. The molecule has 0 aliphatic heterocycles. The Hall–Kier alpha value is -3.00. The van der Waals surface area contributed by atoms with Gasteiger partial charge in [0.05, 0.1) is 0 Å². The fourth-order valence-electron chi connectivity index (χ4n) is 5.70. The van der Waals surface area contributed by atoms with Crippen molar-refractivity contribution in [3.8, 4) is 0 Å². The maximum Gasteiger partial charge on any atom is 0.164 e. The number of ketones is 2. The molecule has 0 fully saturated rings. The first kappa shape index (κ1) is 19.9. The minimum absolute atomic E-state index is 0.0773. The molecule has 0 N–H and O–H groups in total. The third-order valence-corrected chi connectivity index (χ3v) is 7.11. The van der Waals surface area contributed by atoms with Crippen molar-refractivity contribution in [3.63, 3.8) is 0 Å². The highest BCUT2D eigenvalue weighted by molar-refractivity contribution is 6.09. The molecule has 0 aromatic heterocycles. The van der Waals surface area contributed by atoms with Crippen molar-refractivity contribution in [2.45, 2.75) is 51.9 Å². The molecular formula is C29H28O2. The molecule has 0 bridgehead atoms. The minimum atomic E-state index is -0.0773. The zero-order valence-corrected chi connectivity index (χ0v) is 18.3. The van der Waals surface area contributed by atoms with Gasteiger partial charge in [0.15, 0.2) is 11.6 Å². The number of hydrogen-bond acceptors (Lipinski definition) is 2. The Morgan fingerprint density at radius 1 is 1.00 bits per heavy atom. The van der Waals surface area contributed by atoms with E-state index in [0.29, 0.717) is 12.3 Å². The maximum atomic E-state index is 13.4. The van der Waals surface area contributed by atoms with Crippen molar-refractivity contribution in [3.05, 3.63) is 94.1 Å². The van der Waals surface area contributed by atoms with Crippen molar-refractivity contribution in [1.82, 2.24) is 0 Å². The highest BCUT2D eigenvalue weighted by Crippen LogP contribution is 2.47. The first-order valence-electron chi connectivity index (χ1n) is 11.5. The first-order valence-corrected chi connectivity index (χ1v) is 11.5. The number of benzene rings is 2. The molecule has 2 heteroatoms. The van der Waals surface area contributed by atoms with Gasteiger partial charge in [0, 0.05) is 12.3 Å². The lowest BCUT2D eigenvalue weighted by atomic mass is 9.69. The summed E-state index contributed by atoms with van der Waals surface area (Å²) < 4.78 is 0. The van der Waals surface area contributed by atoms with Crippen LogP contribution in [0.2, 0.25) is 0 Å². The number of rotatable bonds is 4. The normalized spacial score (nSPS) is 20.7. The Morgan fingerprint density at radius 3 is 2.58 bits per heavy atom. The van der Waals surface area contributed by atoms with Crippen molar-refractivity contribution in [1.29, 1.82) is 0 Å². The van der Waals surface area contributed by atoms with Gasteiger partial charge in [-0.15, -0.1) is 0 Å². The van der Waals surface area contributed by atoms with Gasteiger partial charge in [-0.05, 0) is 76.3 Å². The minimum Gasteiger partial charge on any atom is -0.294 e. The molecule has 0 saturated heterocycles. The summed E-state index contributed by atoms with van der Waals surface area (Å²) in [6.45, 7) is 4.40. The molecule has 0 amide bonds. The van der Waals surface area contributed by atoms with Crippen LogP contribution in [0.5, 0.6) is 0 Å². The second-order valence-corrected chi connectivity index (χ2v) is 9.12. The Kier molecular flexibility index (Phi) is 5.09. The van der Waals surface area contributed by atoms with E-state index >= 15 is 0 Å². The van der Waals surface area contributed by atoms with E-state index in [9.17, 15) is 9.59 Å². The zero-order valence-electron chi connectivity index (χ0n) is 18.3. The van der Waals surface area contributed by atoms with Gasteiger partial charge in [0.25, 0.3) is 0 Å². The summed E-state index contributed by atoms with van der Waals surface area (Å²) in [5.41, 5.74) is 9.64. The number of hydrogen-bond donors (Lipinski definition) is 0. The molecule has 5 rings (SSSR count). The van der Waals surface area contributed by atoms with Crippen LogP contribution in [-0.2, 0) is 16.0 Å². The predicted molar refractivity (Wildman–Crippen MR) is 126 cm³/mol. The summed E-state index contributed by atoms with van der Waals surface area (Å²) in [6.07, 6.45) is 10.1. The highest BCUT2D eigenvalue weighted by Gasteiger charge is 2.35. The lowest BCUT2D eigenvalue weighted by Gasteiger charge is -2.34. The second kappa shape index (κ2) is 7.92. The third-order valence-electron chi connectivity index (χ3n) is 7.11. The molecule has 0 radical (unpaired) electrons.